The number of nitrogens with zero attached hydrogens (tertiary/aromatic N) is 4. The highest BCUT2D eigenvalue weighted by molar-refractivity contribution is 7.15. The highest BCUT2D eigenvalue weighted by Crippen LogP contribution is 2.17. The molecular formula is C20H18N4OS. The predicted octanol–water partition coefficient (Wildman–Crippen LogP) is 2.74. The van der Waals surface area contributed by atoms with Crippen molar-refractivity contribution in [1.82, 2.24) is 14.6 Å². The van der Waals surface area contributed by atoms with E-state index in [0.29, 0.717) is 15.3 Å². The van der Waals surface area contributed by atoms with E-state index in [1.165, 1.54) is 21.4 Å². The fraction of sp³-hybridized carbons (Fsp3) is 0.150. The zero-order valence-electron chi connectivity index (χ0n) is 14.8. The second kappa shape index (κ2) is 6.38. The van der Waals surface area contributed by atoms with Crippen LogP contribution in [0.2, 0.25) is 0 Å². The summed E-state index contributed by atoms with van der Waals surface area (Å²) in [4.78, 5) is 19.8. The summed E-state index contributed by atoms with van der Waals surface area (Å²) in [7, 11) is 4.00. The Labute approximate surface area is 154 Å². The van der Waals surface area contributed by atoms with Crippen molar-refractivity contribution in [2.45, 2.75) is 6.92 Å². The molecule has 0 unspecified atom stereocenters. The number of hydrogen-bond donors (Lipinski definition) is 0. The molecule has 0 N–H and O–H groups in total. The van der Waals surface area contributed by atoms with E-state index in [-0.39, 0.29) is 5.56 Å². The molecule has 4 aromatic rings. The van der Waals surface area contributed by atoms with Gasteiger partial charge in [0.25, 0.3) is 5.56 Å². The van der Waals surface area contributed by atoms with Crippen LogP contribution in [0, 0.1) is 6.92 Å². The number of aryl methyl sites for hydroxylation is 1. The van der Waals surface area contributed by atoms with Gasteiger partial charge in [-0.05, 0) is 30.7 Å². The van der Waals surface area contributed by atoms with E-state index in [2.05, 4.69) is 10.1 Å². The minimum atomic E-state index is -0.132. The molecule has 0 saturated heterocycles. The van der Waals surface area contributed by atoms with E-state index in [9.17, 15) is 4.79 Å². The van der Waals surface area contributed by atoms with Gasteiger partial charge in [0.2, 0.25) is 4.96 Å². The first-order valence-corrected chi connectivity index (χ1v) is 9.09. The van der Waals surface area contributed by atoms with E-state index in [1.54, 1.807) is 0 Å². The maximum absolute atomic E-state index is 12.6. The van der Waals surface area contributed by atoms with Crippen LogP contribution in [-0.4, -0.2) is 28.7 Å². The van der Waals surface area contributed by atoms with Crippen molar-refractivity contribution >= 4 is 28.1 Å². The van der Waals surface area contributed by atoms with Gasteiger partial charge in [-0.2, -0.15) is 9.50 Å². The molecule has 2 aromatic heterocycles. The number of anilines is 1. The molecule has 0 bridgehead atoms. The van der Waals surface area contributed by atoms with Gasteiger partial charge in [-0.15, -0.1) is 5.10 Å². The van der Waals surface area contributed by atoms with E-state index in [0.717, 1.165) is 16.8 Å². The third kappa shape index (κ3) is 2.99. The van der Waals surface area contributed by atoms with Crippen molar-refractivity contribution in [3.8, 4) is 11.4 Å². The fourth-order valence-electron chi connectivity index (χ4n) is 2.68. The Bertz CT molecular complexity index is 1170. The maximum Gasteiger partial charge on any atom is 0.291 e. The Kier molecular flexibility index (Phi) is 4.05. The number of fused-ring (bicyclic) bond motifs is 1. The van der Waals surface area contributed by atoms with Gasteiger partial charge in [0, 0.05) is 25.3 Å². The SMILES string of the molecule is Cc1ccc(-c2nc3s/c(=C/c4ccc(N(C)C)cc4)c(=O)n3n2)cc1. The molecule has 6 heteroatoms. The van der Waals surface area contributed by atoms with Gasteiger partial charge < -0.3 is 4.90 Å². The van der Waals surface area contributed by atoms with Crippen LogP contribution < -0.4 is 15.0 Å². The predicted molar refractivity (Wildman–Crippen MR) is 107 cm³/mol. The van der Waals surface area contributed by atoms with Crippen LogP contribution in [-0.2, 0) is 0 Å². The van der Waals surface area contributed by atoms with Gasteiger partial charge in [-0.25, -0.2) is 0 Å². The van der Waals surface area contributed by atoms with Crippen LogP contribution >= 0.6 is 11.3 Å². The lowest BCUT2D eigenvalue weighted by Gasteiger charge is -2.11. The molecule has 0 saturated carbocycles. The van der Waals surface area contributed by atoms with E-state index in [1.807, 2.05) is 80.5 Å². The molecular weight excluding hydrogens is 344 g/mol. The molecule has 0 aliphatic rings. The highest BCUT2D eigenvalue weighted by Gasteiger charge is 2.11. The summed E-state index contributed by atoms with van der Waals surface area (Å²) in [5.41, 5.74) is 4.06. The summed E-state index contributed by atoms with van der Waals surface area (Å²) in [6, 6.07) is 16.0. The van der Waals surface area contributed by atoms with Crippen LogP contribution in [0.4, 0.5) is 5.69 Å². The molecule has 0 amide bonds. The summed E-state index contributed by atoms with van der Waals surface area (Å²) in [5, 5.41) is 4.39. The van der Waals surface area contributed by atoms with Crippen molar-refractivity contribution in [2.24, 2.45) is 0 Å². The molecule has 2 heterocycles. The first-order chi connectivity index (χ1) is 12.5. The van der Waals surface area contributed by atoms with Gasteiger partial charge in [-0.1, -0.05) is 53.3 Å². The molecule has 4 rings (SSSR count). The average molecular weight is 362 g/mol. The summed E-state index contributed by atoms with van der Waals surface area (Å²) >= 11 is 1.36. The van der Waals surface area contributed by atoms with Gasteiger partial charge in [-0.3, -0.25) is 4.79 Å². The lowest BCUT2D eigenvalue weighted by Crippen LogP contribution is -2.23. The Morgan fingerprint density at radius 1 is 1.04 bits per heavy atom. The van der Waals surface area contributed by atoms with Crippen LogP contribution in [0.3, 0.4) is 0 Å². The topological polar surface area (TPSA) is 50.5 Å². The van der Waals surface area contributed by atoms with Gasteiger partial charge >= 0.3 is 0 Å². The number of benzene rings is 2. The summed E-state index contributed by atoms with van der Waals surface area (Å²) in [6.45, 7) is 2.03. The third-order valence-corrected chi connectivity index (χ3v) is 5.16. The molecule has 130 valence electrons. The van der Waals surface area contributed by atoms with Crippen molar-refractivity contribution < 1.29 is 0 Å². The normalized spacial score (nSPS) is 12.0. The van der Waals surface area contributed by atoms with Gasteiger partial charge in [0.1, 0.15) is 0 Å². The van der Waals surface area contributed by atoms with Gasteiger partial charge in [0.05, 0.1) is 4.53 Å². The molecule has 0 aliphatic heterocycles. The smallest absolute Gasteiger partial charge is 0.291 e. The lowest BCUT2D eigenvalue weighted by molar-refractivity contribution is 0.937. The summed E-state index contributed by atoms with van der Waals surface area (Å²) in [6.07, 6.45) is 1.88. The van der Waals surface area contributed by atoms with Crippen LogP contribution in [0.15, 0.2) is 53.3 Å². The quantitative estimate of drug-likeness (QED) is 0.562. The monoisotopic (exact) mass is 362 g/mol. The Balaban J connectivity index is 1.73. The molecule has 2 aromatic carbocycles. The number of aromatic nitrogens is 3. The van der Waals surface area contributed by atoms with E-state index in [4.69, 9.17) is 0 Å². The standard InChI is InChI=1S/C20H18N4OS/c1-13-4-8-15(9-5-13)18-21-20-24(22-18)19(25)17(26-20)12-14-6-10-16(11-7-14)23(2)3/h4-12H,1-3H3/b17-12+. The van der Waals surface area contributed by atoms with Crippen molar-refractivity contribution in [3.63, 3.8) is 0 Å². The molecule has 0 fully saturated rings. The van der Waals surface area contributed by atoms with E-state index >= 15 is 0 Å². The second-order valence-corrected chi connectivity index (χ2v) is 7.41. The average Bonchev–Trinajstić information content (AvgIpc) is 3.16. The molecule has 0 radical (unpaired) electrons. The zero-order valence-corrected chi connectivity index (χ0v) is 15.6. The number of thiazole rings is 1. The number of hydrogen-bond acceptors (Lipinski definition) is 5. The Hall–Kier alpha value is -2.99. The lowest BCUT2D eigenvalue weighted by atomic mass is 10.1. The fourth-order valence-corrected chi connectivity index (χ4v) is 3.59. The highest BCUT2D eigenvalue weighted by atomic mass is 32.1. The van der Waals surface area contributed by atoms with Crippen molar-refractivity contribution in [2.75, 3.05) is 19.0 Å². The van der Waals surface area contributed by atoms with E-state index < -0.39 is 0 Å². The summed E-state index contributed by atoms with van der Waals surface area (Å²) in [5.74, 6) is 0.579. The first kappa shape index (κ1) is 16.5. The zero-order chi connectivity index (χ0) is 18.3. The summed E-state index contributed by atoms with van der Waals surface area (Å²) < 4.78 is 2.02. The van der Waals surface area contributed by atoms with Crippen molar-refractivity contribution in [1.29, 1.82) is 0 Å². The largest absolute Gasteiger partial charge is 0.378 e. The molecule has 26 heavy (non-hydrogen) atoms. The Morgan fingerprint density at radius 2 is 1.73 bits per heavy atom. The third-order valence-electron chi connectivity index (χ3n) is 4.20. The molecule has 0 atom stereocenters. The minimum absolute atomic E-state index is 0.132. The van der Waals surface area contributed by atoms with Crippen molar-refractivity contribution in [3.05, 3.63) is 74.5 Å². The van der Waals surface area contributed by atoms with Crippen LogP contribution in [0.5, 0.6) is 0 Å². The van der Waals surface area contributed by atoms with Crippen LogP contribution in [0.1, 0.15) is 11.1 Å². The number of rotatable bonds is 3. The van der Waals surface area contributed by atoms with Crippen LogP contribution in [0.25, 0.3) is 22.4 Å². The molecule has 5 nitrogen and oxygen atoms in total. The first-order valence-electron chi connectivity index (χ1n) is 8.27. The molecule has 0 aliphatic carbocycles. The Morgan fingerprint density at radius 3 is 2.35 bits per heavy atom. The van der Waals surface area contributed by atoms with Gasteiger partial charge in [0.15, 0.2) is 5.82 Å². The second-order valence-electron chi connectivity index (χ2n) is 6.40. The minimum Gasteiger partial charge on any atom is -0.378 e. The maximum atomic E-state index is 12.6. The molecule has 0 spiro atoms.